The lowest BCUT2D eigenvalue weighted by molar-refractivity contribution is -0.147. The van der Waals surface area contributed by atoms with Gasteiger partial charge in [-0.2, -0.15) is 0 Å². The molecule has 15 heavy (non-hydrogen) atoms. The zero-order chi connectivity index (χ0) is 11.8. The Hall–Kier alpha value is -0.860. The van der Waals surface area contributed by atoms with E-state index in [4.69, 9.17) is 4.74 Å². The summed E-state index contributed by atoms with van der Waals surface area (Å²) in [5, 5.41) is 0. The molecule has 0 bridgehead atoms. The Balaban J connectivity index is 4.79. The van der Waals surface area contributed by atoms with E-state index in [2.05, 4.69) is 18.8 Å². The number of ether oxygens (including phenoxy) is 1. The molecular formula is C12H23NO2. The lowest BCUT2D eigenvalue weighted by atomic mass is 9.86. The molecule has 0 N–H and O–H groups in total. The molecule has 0 fully saturated rings. The van der Waals surface area contributed by atoms with Gasteiger partial charge in [-0.05, 0) is 19.3 Å². The monoisotopic (exact) mass is 213 g/mol. The third kappa shape index (κ3) is 4.02. The van der Waals surface area contributed by atoms with Crippen LogP contribution >= 0.6 is 0 Å². The van der Waals surface area contributed by atoms with Crippen LogP contribution in [0, 0.1) is 11.8 Å². The summed E-state index contributed by atoms with van der Waals surface area (Å²) >= 11 is 0. The summed E-state index contributed by atoms with van der Waals surface area (Å²) in [6.45, 7) is 8.45. The van der Waals surface area contributed by atoms with Crippen LogP contribution in [0.2, 0.25) is 0 Å². The van der Waals surface area contributed by atoms with Crippen molar-refractivity contribution in [1.82, 2.24) is 0 Å². The normalized spacial score (nSPS) is 15.9. The van der Waals surface area contributed by atoms with E-state index >= 15 is 0 Å². The molecule has 0 aromatic heterocycles. The molecule has 0 aliphatic rings. The van der Waals surface area contributed by atoms with E-state index in [-0.39, 0.29) is 11.9 Å². The van der Waals surface area contributed by atoms with Crippen LogP contribution in [0.1, 0.15) is 40.5 Å². The van der Waals surface area contributed by atoms with Crippen LogP contribution < -0.4 is 0 Å². The summed E-state index contributed by atoms with van der Waals surface area (Å²) in [4.78, 5) is 16.0. The SMILES string of the molecule is CCOC(=O)C(C(CC)=NC)C(C)CC. The van der Waals surface area contributed by atoms with Crippen molar-refractivity contribution in [2.45, 2.75) is 40.5 Å². The van der Waals surface area contributed by atoms with Crippen molar-refractivity contribution in [3.63, 3.8) is 0 Å². The van der Waals surface area contributed by atoms with Gasteiger partial charge in [0, 0.05) is 12.8 Å². The predicted molar refractivity (Wildman–Crippen MR) is 63.2 cm³/mol. The molecule has 0 aliphatic heterocycles. The Labute approximate surface area is 92.9 Å². The number of carbonyl (C=O) groups is 1. The maximum absolute atomic E-state index is 11.8. The molecule has 88 valence electrons. The molecule has 3 nitrogen and oxygen atoms in total. The van der Waals surface area contributed by atoms with E-state index in [1.807, 2.05) is 13.8 Å². The standard InChI is InChI=1S/C12H23NO2/c1-6-9(4)11(10(7-2)13-5)12(14)15-8-3/h9,11H,6-8H2,1-5H3. The Morgan fingerprint density at radius 3 is 2.27 bits per heavy atom. The van der Waals surface area contributed by atoms with E-state index in [1.54, 1.807) is 7.05 Å². The van der Waals surface area contributed by atoms with Crippen LogP contribution in [-0.2, 0) is 9.53 Å². The van der Waals surface area contributed by atoms with Crippen molar-refractivity contribution >= 4 is 11.7 Å². The van der Waals surface area contributed by atoms with Gasteiger partial charge in [0.2, 0.25) is 0 Å². The number of aliphatic imine (C=N–C) groups is 1. The summed E-state index contributed by atoms with van der Waals surface area (Å²) in [7, 11) is 1.74. The minimum Gasteiger partial charge on any atom is -0.465 e. The van der Waals surface area contributed by atoms with Crippen molar-refractivity contribution in [2.24, 2.45) is 16.8 Å². The summed E-state index contributed by atoms with van der Waals surface area (Å²) in [6.07, 6.45) is 1.77. The van der Waals surface area contributed by atoms with Crippen molar-refractivity contribution in [1.29, 1.82) is 0 Å². The highest BCUT2D eigenvalue weighted by molar-refractivity contribution is 6.02. The lowest BCUT2D eigenvalue weighted by Gasteiger charge is -2.22. The predicted octanol–water partition coefficient (Wildman–Crippen LogP) is 2.69. The first-order valence-corrected chi connectivity index (χ1v) is 5.74. The number of hydrogen-bond donors (Lipinski definition) is 0. The molecule has 3 heteroatoms. The highest BCUT2D eigenvalue weighted by Crippen LogP contribution is 2.20. The molecule has 2 unspecified atom stereocenters. The van der Waals surface area contributed by atoms with Crippen molar-refractivity contribution in [3.05, 3.63) is 0 Å². The van der Waals surface area contributed by atoms with Gasteiger partial charge in [-0.3, -0.25) is 9.79 Å². The second-order valence-electron chi connectivity index (χ2n) is 3.68. The molecule has 0 saturated heterocycles. The van der Waals surface area contributed by atoms with E-state index in [9.17, 15) is 4.79 Å². The van der Waals surface area contributed by atoms with Gasteiger partial charge in [-0.15, -0.1) is 0 Å². The highest BCUT2D eigenvalue weighted by Gasteiger charge is 2.28. The first-order chi connectivity index (χ1) is 7.12. The van der Waals surface area contributed by atoms with E-state index in [0.717, 1.165) is 18.6 Å². The van der Waals surface area contributed by atoms with Gasteiger partial charge < -0.3 is 4.74 Å². The van der Waals surface area contributed by atoms with Gasteiger partial charge in [0.1, 0.15) is 0 Å². The largest absolute Gasteiger partial charge is 0.465 e. The second-order valence-corrected chi connectivity index (χ2v) is 3.68. The third-order valence-electron chi connectivity index (χ3n) is 2.76. The van der Waals surface area contributed by atoms with Gasteiger partial charge in [-0.1, -0.05) is 27.2 Å². The van der Waals surface area contributed by atoms with Crippen LogP contribution in [0.5, 0.6) is 0 Å². The molecule has 0 saturated carbocycles. The Bertz CT molecular complexity index is 224. The van der Waals surface area contributed by atoms with E-state index < -0.39 is 0 Å². The lowest BCUT2D eigenvalue weighted by Crippen LogP contribution is -2.31. The molecule has 0 heterocycles. The van der Waals surface area contributed by atoms with Gasteiger partial charge in [0.15, 0.2) is 0 Å². The van der Waals surface area contributed by atoms with Crippen LogP contribution in [0.3, 0.4) is 0 Å². The summed E-state index contributed by atoms with van der Waals surface area (Å²) in [6, 6.07) is 0. The van der Waals surface area contributed by atoms with Gasteiger partial charge >= 0.3 is 5.97 Å². The molecule has 2 atom stereocenters. The number of nitrogens with zero attached hydrogens (tertiary/aromatic N) is 1. The number of hydrogen-bond acceptors (Lipinski definition) is 3. The average Bonchev–Trinajstić information content (AvgIpc) is 2.24. The molecule has 0 aromatic carbocycles. The quantitative estimate of drug-likeness (QED) is 0.502. The van der Waals surface area contributed by atoms with Crippen LogP contribution in [0.25, 0.3) is 0 Å². The smallest absolute Gasteiger partial charge is 0.314 e. The Kier molecular flexibility index (Phi) is 7.01. The van der Waals surface area contributed by atoms with Gasteiger partial charge in [0.25, 0.3) is 0 Å². The van der Waals surface area contributed by atoms with Gasteiger partial charge in [0.05, 0.1) is 12.5 Å². The number of carbonyl (C=O) groups excluding carboxylic acids is 1. The topological polar surface area (TPSA) is 38.7 Å². The van der Waals surface area contributed by atoms with Crippen molar-refractivity contribution < 1.29 is 9.53 Å². The summed E-state index contributed by atoms with van der Waals surface area (Å²) in [5.41, 5.74) is 0.947. The first-order valence-electron chi connectivity index (χ1n) is 5.74. The minimum atomic E-state index is -0.162. The van der Waals surface area contributed by atoms with E-state index in [0.29, 0.717) is 12.5 Å². The maximum atomic E-state index is 11.8. The molecule has 0 aromatic rings. The molecule has 0 rings (SSSR count). The summed E-state index contributed by atoms with van der Waals surface area (Å²) in [5.74, 6) is 0.00181. The fourth-order valence-corrected chi connectivity index (χ4v) is 1.68. The number of esters is 1. The Morgan fingerprint density at radius 1 is 1.33 bits per heavy atom. The maximum Gasteiger partial charge on any atom is 0.314 e. The minimum absolute atomic E-state index is 0.130. The molecule has 0 spiro atoms. The van der Waals surface area contributed by atoms with Crippen molar-refractivity contribution in [3.8, 4) is 0 Å². The molecule has 0 amide bonds. The zero-order valence-corrected chi connectivity index (χ0v) is 10.5. The zero-order valence-electron chi connectivity index (χ0n) is 10.5. The highest BCUT2D eigenvalue weighted by atomic mass is 16.5. The summed E-state index contributed by atoms with van der Waals surface area (Å²) < 4.78 is 5.09. The fraction of sp³-hybridized carbons (Fsp3) is 0.833. The Morgan fingerprint density at radius 2 is 1.93 bits per heavy atom. The van der Waals surface area contributed by atoms with Crippen LogP contribution in [0.4, 0.5) is 0 Å². The second kappa shape index (κ2) is 7.43. The molecular weight excluding hydrogens is 190 g/mol. The molecule has 0 aliphatic carbocycles. The van der Waals surface area contributed by atoms with Crippen LogP contribution in [0.15, 0.2) is 4.99 Å². The average molecular weight is 213 g/mol. The molecule has 0 radical (unpaired) electrons. The third-order valence-corrected chi connectivity index (χ3v) is 2.76. The first kappa shape index (κ1) is 14.1. The van der Waals surface area contributed by atoms with E-state index in [1.165, 1.54) is 0 Å². The number of rotatable bonds is 6. The van der Waals surface area contributed by atoms with Gasteiger partial charge in [-0.25, -0.2) is 0 Å². The van der Waals surface area contributed by atoms with Crippen molar-refractivity contribution in [2.75, 3.05) is 13.7 Å². The fourth-order valence-electron chi connectivity index (χ4n) is 1.68. The van der Waals surface area contributed by atoms with Crippen LogP contribution in [-0.4, -0.2) is 25.3 Å².